The van der Waals surface area contributed by atoms with Crippen molar-refractivity contribution in [1.82, 2.24) is 9.88 Å². The number of carbonyl (C=O) groups excluding carboxylic acids is 1. The number of pyridine rings is 1. The molecular formula is C31H41N5O2. The molecule has 3 aliphatic carbocycles. The number of aryl methyl sites for hydroxylation is 1. The first-order valence-electron chi connectivity index (χ1n) is 14.4. The SMILES string of the molecule is CN1CCN(c2ccc(NC(=O)CC[C@@H]3C/C(=N\O)[C@@]4(C)CCC5c6ccccc6CCC5C34)nc2)CC1. The van der Waals surface area contributed by atoms with Crippen molar-refractivity contribution in [3.8, 4) is 0 Å². The lowest BCUT2D eigenvalue weighted by molar-refractivity contribution is -0.116. The number of carbonyl (C=O) groups is 1. The van der Waals surface area contributed by atoms with E-state index in [4.69, 9.17) is 0 Å². The lowest BCUT2D eigenvalue weighted by atomic mass is 9.54. The summed E-state index contributed by atoms with van der Waals surface area (Å²) in [7, 11) is 2.15. The van der Waals surface area contributed by atoms with Crippen LogP contribution in [0.15, 0.2) is 47.8 Å². The first-order valence-corrected chi connectivity index (χ1v) is 14.4. The van der Waals surface area contributed by atoms with Crippen LogP contribution >= 0.6 is 0 Å². The third kappa shape index (κ3) is 4.59. The molecule has 1 aromatic heterocycles. The summed E-state index contributed by atoms with van der Waals surface area (Å²) < 4.78 is 0. The highest BCUT2D eigenvalue weighted by Crippen LogP contribution is 2.62. The fourth-order valence-corrected chi connectivity index (χ4v) is 8.26. The smallest absolute Gasteiger partial charge is 0.225 e. The third-order valence-corrected chi connectivity index (χ3v) is 10.3. The summed E-state index contributed by atoms with van der Waals surface area (Å²) in [6.07, 6.45) is 8.46. The first kappa shape index (κ1) is 25.4. The van der Waals surface area contributed by atoms with Gasteiger partial charge in [-0.3, -0.25) is 4.79 Å². The van der Waals surface area contributed by atoms with Crippen LogP contribution in [0, 0.1) is 23.2 Å². The molecule has 38 heavy (non-hydrogen) atoms. The molecule has 6 rings (SSSR count). The van der Waals surface area contributed by atoms with Gasteiger partial charge in [0.25, 0.3) is 0 Å². The van der Waals surface area contributed by atoms with Crippen molar-refractivity contribution in [3.05, 3.63) is 53.7 Å². The van der Waals surface area contributed by atoms with Gasteiger partial charge in [-0.25, -0.2) is 4.98 Å². The second-order valence-electron chi connectivity index (χ2n) is 12.3. The topological polar surface area (TPSA) is 81.1 Å². The van der Waals surface area contributed by atoms with Crippen LogP contribution in [0.2, 0.25) is 0 Å². The van der Waals surface area contributed by atoms with Crippen molar-refractivity contribution in [2.24, 2.45) is 28.3 Å². The minimum Gasteiger partial charge on any atom is -0.411 e. The van der Waals surface area contributed by atoms with Gasteiger partial charge < -0.3 is 20.3 Å². The van der Waals surface area contributed by atoms with Crippen LogP contribution in [0.4, 0.5) is 11.5 Å². The highest BCUT2D eigenvalue weighted by Gasteiger charge is 2.57. The fourth-order valence-electron chi connectivity index (χ4n) is 8.26. The van der Waals surface area contributed by atoms with Crippen molar-refractivity contribution in [2.75, 3.05) is 43.4 Å². The number of nitrogens with one attached hydrogen (secondary N) is 1. The number of aromatic nitrogens is 1. The van der Waals surface area contributed by atoms with Gasteiger partial charge in [0, 0.05) is 38.0 Å². The van der Waals surface area contributed by atoms with Crippen LogP contribution in [0.25, 0.3) is 0 Å². The van der Waals surface area contributed by atoms with Crippen molar-refractivity contribution in [1.29, 1.82) is 0 Å². The van der Waals surface area contributed by atoms with Gasteiger partial charge in [-0.05, 0) is 92.5 Å². The van der Waals surface area contributed by atoms with E-state index in [2.05, 4.69) is 69.6 Å². The summed E-state index contributed by atoms with van der Waals surface area (Å²) in [5.41, 5.74) is 5.03. The number of amides is 1. The van der Waals surface area contributed by atoms with E-state index in [0.29, 0.717) is 35.9 Å². The van der Waals surface area contributed by atoms with Crippen LogP contribution in [0.1, 0.15) is 62.5 Å². The molecule has 7 nitrogen and oxygen atoms in total. The molecule has 4 aliphatic rings. The normalized spacial score (nSPS) is 31.9. The zero-order valence-electron chi connectivity index (χ0n) is 22.8. The number of likely N-dealkylation sites (N-methyl/N-ethyl adjacent to an activating group) is 1. The van der Waals surface area contributed by atoms with Gasteiger partial charge in [0.2, 0.25) is 5.91 Å². The average molecular weight is 516 g/mol. The summed E-state index contributed by atoms with van der Waals surface area (Å²) in [4.78, 5) is 22.2. The monoisotopic (exact) mass is 515 g/mol. The van der Waals surface area contributed by atoms with Crippen LogP contribution in [0.3, 0.4) is 0 Å². The summed E-state index contributed by atoms with van der Waals surface area (Å²) in [6, 6.07) is 12.9. The second kappa shape index (κ2) is 10.3. The van der Waals surface area contributed by atoms with E-state index in [9.17, 15) is 10.0 Å². The highest BCUT2D eigenvalue weighted by atomic mass is 16.4. The van der Waals surface area contributed by atoms with Crippen molar-refractivity contribution in [2.45, 2.75) is 57.8 Å². The van der Waals surface area contributed by atoms with E-state index >= 15 is 0 Å². The Bertz CT molecular complexity index is 1190. The number of hydrogen-bond donors (Lipinski definition) is 2. The summed E-state index contributed by atoms with van der Waals surface area (Å²) in [5, 5.41) is 16.8. The Morgan fingerprint density at radius 1 is 1.16 bits per heavy atom. The molecular weight excluding hydrogens is 474 g/mol. The molecule has 7 heteroatoms. The molecule has 1 amide bonds. The van der Waals surface area contributed by atoms with Crippen molar-refractivity contribution in [3.63, 3.8) is 0 Å². The summed E-state index contributed by atoms with van der Waals surface area (Å²) in [5.74, 6) is 2.61. The van der Waals surface area contributed by atoms with E-state index < -0.39 is 0 Å². The molecule has 2 aromatic rings. The molecule has 2 N–H and O–H groups in total. The number of anilines is 2. The fraction of sp³-hybridized carbons (Fsp3) is 0.581. The molecule has 0 spiro atoms. The molecule has 3 unspecified atom stereocenters. The second-order valence-corrected chi connectivity index (χ2v) is 12.3. The molecule has 2 saturated carbocycles. The average Bonchev–Trinajstić information content (AvgIpc) is 3.24. The van der Waals surface area contributed by atoms with Gasteiger partial charge in [-0.2, -0.15) is 0 Å². The zero-order chi connectivity index (χ0) is 26.3. The Morgan fingerprint density at radius 3 is 2.74 bits per heavy atom. The quantitative estimate of drug-likeness (QED) is 0.424. The molecule has 0 bridgehead atoms. The molecule has 0 radical (unpaired) electrons. The standard InChI is InChI=1S/C31H41N5O2/c1-31-14-13-25-24-6-4-3-5-21(24)7-10-26(25)30(31)22(19-27(31)34-38)8-12-29(37)33-28-11-9-23(20-32-28)36-17-15-35(2)16-18-36/h3-6,9,11,20,22,25-26,30,38H,7-8,10,12-19H2,1-2H3,(H,32,33,37)/b34-27+/t22-,25?,26?,30?,31-/m1/s1. The van der Waals surface area contributed by atoms with E-state index in [1.165, 1.54) is 17.5 Å². The van der Waals surface area contributed by atoms with Gasteiger partial charge in [0.15, 0.2) is 0 Å². The number of piperazine rings is 1. The Kier molecular flexibility index (Phi) is 6.89. The summed E-state index contributed by atoms with van der Waals surface area (Å²) in [6.45, 7) is 6.41. The Hall–Kier alpha value is -2.93. The van der Waals surface area contributed by atoms with Crippen LogP contribution < -0.4 is 10.2 Å². The number of rotatable bonds is 5. The van der Waals surface area contributed by atoms with Gasteiger partial charge in [0.05, 0.1) is 17.6 Å². The largest absolute Gasteiger partial charge is 0.411 e. The zero-order valence-corrected chi connectivity index (χ0v) is 22.8. The lowest BCUT2D eigenvalue weighted by Crippen LogP contribution is -2.44. The number of benzene rings is 1. The van der Waals surface area contributed by atoms with E-state index in [1.54, 1.807) is 0 Å². The molecule has 3 fully saturated rings. The molecule has 1 saturated heterocycles. The van der Waals surface area contributed by atoms with E-state index in [1.807, 2.05) is 12.3 Å². The van der Waals surface area contributed by atoms with Crippen LogP contribution in [-0.2, 0) is 11.2 Å². The van der Waals surface area contributed by atoms with Gasteiger partial charge in [0.1, 0.15) is 5.82 Å². The third-order valence-electron chi connectivity index (χ3n) is 10.3. The highest BCUT2D eigenvalue weighted by molar-refractivity contribution is 5.93. The Labute approximate surface area is 226 Å². The maximum absolute atomic E-state index is 13.0. The predicted octanol–water partition coefficient (Wildman–Crippen LogP) is 5.16. The van der Waals surface area contributed by atoms with Crippen LogP contribution in [-0.4, -0.2) is 59.9 Å². The van der Waals surface area contributed by atoms with E-state index in [-0.39, 0.29) is 11.3 Å². The number of hydrogen-bond acceptors (Lipinski definition) is 6. The minimum atomic E-state index is -0.0655. The molecule has 1 aliphatic heterocycles. The molecule has 2 heterocycles. The number of oxime groups is 1. The number of nitrogens with zero attached hydrogens (tertiary/aromatic N) is 4. The Morgan fingerprint density at radius 2 is 1.97 bits per heavy atom. The molecule has 5 atom stereocenters. The minimum absolute atomic E-state index is 0.0160. The van der Waals surface area contributed by atoms with Crippen LogP contribution in [0.5, 0.6) is 0 Å². The summed E-state index contributed by atoms with van der Waals surface area (Å²) >= 11 is 0. The lowest BCUT2D eigenvalue weighted by Gasteiger charge is -2.50. The van der Waals surface area contributed by atoms with Gasteiger partial charge in [-0.1, -0.05) is 36.3 Å². The molecule has 202 valence electrons. The Balaban J connectivity index is 1.11. The van der Waals surface area contributed by atoms with Gasteiger partial charge in [-0.15, -0.1) is 0 Å². The predicted molar refractivity (Wildman–Crippen MR) is 151 cm³/mol. The van der Waals surface area contributed by atoms with Crippen molar-refractivity contribution < 1.29 is 10.0 Å². The van der Waals surface area contributed by atoms with Crippen molar-refractivity contribution >= 4 is 23.1 Å². The maximum atomic E-state index is 13.0. The molecule has 1 aromatic carbocycles. The first-order chi connectivity index (χ1) is 18.5. The number of fused-ring (bicyclic) bond motifs is 5. The van der Waals surface area contributed by atoms with E-state index in [0.717, 1.165) is 69.7 Å². The maximum Gasteiger partial charge on any atom is 0.225 e. The van der Waals surface area contributed by atoms with Gasteiger partial charge >= 0.3 is 0 Å².